The molecule has 0 radical (unpaired) electrons. The van der Waals surface area contributed by atoms with Crippen molar-refractivity contribution in [3.05, 3.63) is 71.0 Å². The molecule has 3 heterocycles. The van der Waals surface area contributed by atoms with Gasteiger partial charge in [0.05, 0.1) is 19.8 Å². The fourth-order valence-corrected chi connectivity index (χ4v) is 6.49. The number of benzene rings is 2. The fourth-order valence-electron chi connectivity index (χ4n) is 6.49. The van der Waals surface area contributed by atoms with Crippen molar-refractivity contribution in [1.29, 1.82) is 0 Å². The molecule has 2 aliphatic rings. The standard InChI is InChI=1S/C33H43N5O4/c1-6-38-27-9-10-28(38)20-37(19-27)26-8-7-21(2)30(17-26)32(40)35-22(3)23-13-24(15-29(14-23)42-5)25-16-31(36(4)18-25)33(41)34-11-12-39/h7-8,13-18,22,27-28,39H,6,9-12,19-20H2,1-5H3,(H,34,41)(H,35,40)/t22-,27-,28+/m1/s1. The Balaban J connectivity index is 1.34. The number of piperazine rings is 1. The third-order valence-electron chi connectivity index (χ3n) is 8.81. The first-order valence-electron chi connectivity index (χ1n) is 14.9. The van der Waals surface area contributed by atoms with E-state index in [4.69, 9.17) is 9.84 Å². The average molecular weight is 574 g/mol. The van der Waals surface area contributed by atoms with Gasteiger partial charge in [-0.05, 0) is 86.3 Å². The molecular formula is C33H43N5O4. The molecule has 2 bridgehead atoms. The number of anilines is 1. The largest absolute Gasteiger partial charge is 0.497 e. The predicted octanol–water partition coefficient (Wildman–Crippen LogP) is 3.90. The van der Waals surface area contributed by atoms with Gasteiger partial charge in [0.25, 0.3) is 11.8 Å². The summed E-state index contributed by atoms with van der Waals surface area (Å²) in [5, 5.41) is 14.9. The van der Waals surface area contributed by atoms with Crippen molar-refractivity contribution >= 4 is 17.5 Å². The summed E-state index contributed by atoms with van der Waals surface area (Å²) >= 11 is 0. The Morgan fingerprint density at radius 3 is 2.45 bits per heavy atom. The van der Waals surface area contributed by atoms with E-state index >= 15 is 0 Å². The van der Waals surface area contributed by atoms with E-state index in [1.54, 1.807) is 11.7 Å². The Morgan fingerprint density at radius 1 is 1.05 bits per heavy atom. The molecule has 2 aromatic carbocycles. The van der Waals surface area contributed by atoms with Crippen LogP contribution in [0.1, 0.15) is 64.7 Å². The van der Waals surface area contributed by atoms with Crippen LogP contribution in [0, 0.1) is 6.92 Å². The first kappa shape index (κ1) is 29.7. The van der Waals surface area contributed by atoms with Gasteiger partial charge in [0.2, 0.25) is 0 Å². The lowest BCUT2D eigenvalue weighted by Gasteiger charge is -2.41. The monoisotopic (exact) mass is 573 g/mol. The normalized spacial score (nSPS) is 19.0. The number of carbonyl (C=O) groups is 2. The molecule has 0 unspecified atom stereocenters. The second-order valence-corrected chi connectivity index (χ2v) is 11.5. The highest BCUT2D eigenvalue weighted by Gasteiger charge is 2.39. The minimum atomic E-state index is -0.283. The van der Waals surface area contributed by atoms with E-state index in [1.807, 2.05) is 57.4 Å². The summed E-state index contributed by atoms with van der Waals surface area (Å²) in [5.41, 5.74) is 5.86. The van der Waals surface area contributed by atoms with E-state index in [9.17, 15) is 9.59 Å². The second-order valence-electron chi connectivity index (χ2n) is 11.5. The van der Waals surface area contributed by atoms with Gasteiger partial charge in [-0.2, -0.15) is 0 Å². The average Bonchev–Trinajstić information content (AvgIpc) is 3.50. The van der Waals surface area contributed by atoms with Gasteiger partial charge in [0.15, 0.2) is 0 Å². The number of rotatable bonds is 10. The van der Waals surface area contributed by atoms with Gasteiger partial charge in [0, 0.05) is 61.8 Å². The molecule has 2 fully saturated rings. The predicted molar refractivity (Wildman–Crippen MR) is 165 cm³/mol. The minimum absolute atomic E-state index is 0.107. The second kappa shape index (κ2) is 12.6. The number of aryl methyl sites for hydroxylation is 2. The lowest BCUT2D eigenvalue weighted by atomic mass is 10.00. The molecule has 2 saturated heterocycles. The zero-order valence-corrected chi connectivity index (χ0v) is 25.3. The number of aliphatic hydroxyl groups excluding tert-OH is 1. The molecule has 42 heavy (non-hydrogen) atoms. The molecule has 224 valence electrons. The molecule has 1 aromatic heterocycles. The zero-order chi connectivity index (χ0) is 30.0. The van der Waals surface area contributed by atoms with Crippen LogP contribution in [0.3, 0.4) is 0 Å². The van der Waals surface area contributed by atoms with Crippen LogP contribution in [0.2, 0.25) is 0 Å². The van der Waals surface area contributed by atoms with Crippen LogP contribution >= 0.6 is 0 Å². The number of methoxy groups -OCH3 is 1. The van der Waals surface area contributed by atoms with Crippen LogP contribution in [0.15, 0.2) is 48.7 Å². The van der Waals surface area contributed by atoms with E-state index < -0.39 is 0 Å². The SMILES string of the molecule is CCN1[C@@H]2CC[C@H]1CN(c1ccc(C)c(C(=O)N[C@H](C)c3cc(OC)cc(-c4cc(C(=O)NCCO)n(C)c4)c3)c1)C2. The Kier molecular flexibility index (Phi) is 8.89. The number of ether oxygens (including phenoxy) is 1. The third kappa shape index (κ3) is 6.03. The van der Waals surface area contributed by atoms with Crippen molar-refractivity contribution < 1.29 is 19.4 Å². The highest BCUT2D eigenvalue weighted by Crippen LogP contribution is 2.34. The van der Waals surface area contributed by atoms with Crippen molar-refractivity contribution in [3.8, 4) is 16.9 Å². The lowest BCUT2D eigenvalue weighted by molar-refractivity contribution is 0.0930. The number of fused-ring (bicyclic) bond motifs is 2. The zero-order valence-electron chi connectivity index (χ0n) is 25.3. The van der Waals surface area contributed by atoms with Crippen molar-refractivity contribution in [1.82, 2.24) is 20.1 Å². The molecule has 9 heteroatoms. The van der Waals surface area contributed by atoms with Crippen LogP contribution in [0.5, 0.6) is 5.75 Å². The summed E-state index contributed by atoms with van der Waals surface area (Å²) in [4.78, 5) is 31.2. The summed E-state index contributed by atoms with van der Waals surface area (Å²) in [7, 11) is 3.43. The molecule has 9 nitrogen and oxygen atoms in total. The fraction of sp³-hybridized carbons (Fsp3) is 0.455. The number of hydrogen-bond donors (Lipinski definition) is 3. The number of likely N-dealkylation sites (N-methyl/N-ethyl adjacent to an activating group) is 1. The quantitative estimate of drug-likeness (QED) is 0.340. The molecule has 2 amide bonds. The van der Waals surface area contributed by atoms with Gasteiger partial charge in [-0.25, -0.2) is 0 Å². The van der Waals surface area contributed by atoms with Gasteiger partial charge in [-0.15, -0.1) is 0 Å². The van der Waals surface area contributed by atoms with E-state index in [-0.39, 0.29) is 31.0 Å². The van der Waals surface area contributed by atoms with Gasteiger partial charge in [0.1, 0.15) is 11.4 Å². The van der Waals surface area contributed by atoms with Gasteiger partial charge < -0.3 is 29.9 Å². The number of nitrogens with zero attached hydrogens (tertiary/aromatic N) is 3. The Labute approximate surface area is 248 Å². The first-order valence-corrected chi connectivity index (χ1v) is 14.9. The number of carbonyl (C=O) groups excluding carboxylic acids is 2. The highest BCUT2D eigenvalue weighted by atomic mass is 16.5. The molecule has 0 saturated carbocycles. The van der Waals surface area contributed by atoms with Crippen LogP contribution in [0.25, 0.3) is 11.1 Å². The maximum atomic E-state index is 13.6. The molecule has 0 spiro atoms. The maximum absolute atomic E-state index is 13.6. The topological polar surface area (TPSA) is 99.1 Å². The smallest absolute Gasteiger partial charge is 0.267 e. The van der Waals surface area contributed by atoms with Crippen molar-refractivity contribution in [3.63, 3.8) is 0 Å². The summed E-state index contributed by atoms with van der Waals surface area (Å²) in [6.45, 7) is 9.37. The summed E-state index contributed by atoms with van der Waals surface area (Å²) in [5.74, 6) is 0.306. The summed E-state index contributed by atoms with van der Waals surface area (Å²) in [6.07, 6.45) is 4.38. The molecule has 2 aliphatic heterocycles. The van der Waals surface area contributed by atoms with E-state index in [1.165, 1.54) is 12.8 Å². The number of aromatic nitrogens is 1. The maximum Gasteiger partial charge on any atom is 0.267 e. The first-order chi connectivity index (χ1) is 20.2. The number of amides is 2. The third-order valence-corrected chi connectivity index (χ3v) is 8.81. The summed E-state index contributed by atoms with van der Waals surface area (Å²) in [6, 6.07) is 14.8. The van der Waals surface area contributed by atoms with Crippen molar-refractivity contribution in [2.24, 2.45) is 7.05 Å². The Morgan fingerprint density at radius 2 is 1.79 bits per heavy atom. The molecule has 3 aromatic rings. The van der Waals surface area contributed by atoms with E-state index in [2.05, 4.69) is 39.5 Å². The van der Waals surface area contributed by atoms with E-state index in [0.29, 0.717) is 29.1 Å². The Bertz CT molecular complexity index is 1440. The van der Waals surface area contributed by atoms with Gasteiger partial charge in [-0.3, -0.25) is 14.5 Å². The van der Waals surface area contributed by atoms with Crippen molar-refractivity contribution in [2.45, 2.75) is 51.7 Å². The summed E-state index contributed by atoms with van der Waals surface area (Å²) < 4.78 is 7.36. The van der Waals surface area contributed by atoms with Gasteiger partial charge >= 0.3 is 0 Å². The highest BCUT2D eigenvalue weighted by molar-refractivity contribution is 5.97. The molecule has 3 atom stereocenters. The minimum Gasteiger partial charge on any atom is -0.497 e. The molecule has 3 N–H and O–H groups in total. The molecule has 5 rings (SSSR count). The van der Waals surface area contributed by atoms with Crippen LogP contribution in [-0.2, 0) is 7.05 Å². The van der Waals surface area contributed by atoms with Gasteiger partial charge in [-0.1, -0.05) is 13.0 Å². The number of aliphatic hydroxyl groups is 1. The molecular weight excluding hydrogens is 530 g/mol. The Hall–Kier alpha value is -3.82. The van der Waals surface area contributed by atoms with Crippen molar-refractivity contribution in [2.75, 3.05) is 44.8 Å². The lowest BCUT2D eigenvalue weighted by Crippen LogP contribution is -2.53. The van der Waals surface area contributed by atoms with Crippen LogP contribution in [-0.4, -0.2) is 78.4 Å². The molecule has 0 aliphatic carbocycles. The number of nitrogens with one attached hydrogen (secondary N) is 2. The van der Waals surface area contributed by atoms with Crippen LogP contribution < -0.4 is 20.3 Å². The van der Waals surface area contributed by atoms with E-state index in [0.717, 1.165) is 47.6 Å². The van der Waals surface area contributed by atoms with Crippen LogP contribution in [0.4, 0.5) is 5.69 Å². The number of hydrogen-bond acceptors (Lipinski definition) is 6.